The van der Waals surface area contributed by atoms with Crippen molar-refractivity contribution < 1.29 is 14.0 Å². The summed E-state index contributed by atoms with van der Waals surface area (Å²) in [5.74, 6) is -0.474. The monoisotopic (exact) mass is 362 g/mol. The molecule has 0 spiro atoms. The molecule has 0 fully saturated rings. The Kier molecular flexibility index (Phi) is 5.42. The number of carbonyl (C=O) groups excluding carboxylic acids is 2. The number of thioether (sulfide) groups is 2. The van der Waals surface area contributed by atoms with E-state index < -0.39 is 11.7 Å². The fourth-order valence-electron chi connectivity index (χ4n) is 2.21. The van der Waals surface area contributed by atoms with Gasteiger partial charge in [0.2, 0.25) is 5.91 Å². The minimum atomic E-state index is -0.540. The maximum Gasteiger partial charge on any atom is 0.254 e. The van der Waals surface area contributed by atoms with Crippen LogP contribution in [0.2, 0.25) is 0 Å². The van der Waals surface area contributed by atoms with E-state index in [1.54, 1.807) is 12.1 Å². The molecule has 0 saturated heterocycles. The van der Waals surface area contributed by atoms with Crippen LogP contribution in [0.4, 0.5) is 10.1 Å². The van der Waals surface area contributed by atoms with E-state index in [2.05, 4.69) is 10.6 Å². The third-order valence-electron chi connectivity index (χ3n) is 3.37. The van der Waals surface area contributed by atoms with E-state index in [1.165, 1.54) is 35.7 Å². The van der Waals surface area contributed by atoms with Crippen LogP contribution in [-0.2, 0) is 4.79 Å². The smallest absolute Gasteiger partial charge is 0.254 e. The Morgan fingerprint density at radius 1 is 1.21 bits per heavy atom. The molecule has 1 aliphatic rings. The van der Waals surface area contributed by atoms with E-state index in [0.717, 1.165) is 10.6 Å². The Morgan fingerprint density at radius 3 is 2.79 bits per heavy atom. The minimum Gasteiger partial charge on any atom is -0.351 e. The highest BCUT2D eigenvalue weighted by Gasteiger charge is 2.26. The number of benzene rings is 2. The third-order valence-corrected chi connectivity index (χ3v) is 6.06. The number of para-hydroxylation sites is 1. The molecule has 0 saturated carbocycles. The molecule has 0 bridgehead atoms. The van der Waals surface area contributed by atoms with Gasteiger partial charge in [0.15, 0.2) is 0 Å². The van der Waals surface area contributed by atoms with Crippen LogP contribution in [0.3, 0.4) is 0 Å². The molecule has 4 nitrogen and oxygen atoms in total. The summed E-state index contributed by atoms with van der Waals surface area (Å²) in [7, 11) is 0. The first-order chi connectivity index (χ1) is 11.6. The lowest BCUT2D eigenvalue weighted by Crippen LogP contribution is -2.30. The Hall–Kier alpha value is -1.99. The summed E-state index contributed by atoms with van der Waals surface area (Å²) in [5, 5.41) is 5.55. The molecule has 1 unspecified atom stereocenters. The number of hydrogen-bond acceptors (Lipinski definition) is 4. The molecule has 2 aromatic rings. The number of nitrogens with one attached hydrogen (secondary N) is 2. The summed E-state index contributed by atoms with van der Waals surface area (Å²) >= 11 is 2.95. The molecular weight excluding hydrogens is 347 g/mol. The summed E-state index contributed by atoms with van der Waals surface area (Å²) in [6, 6.07) is 13.5. The van der Waals surface area contributed by atoms with Gasteiger partial charge in [-0.1, -0.05) is 36.0 Å². The second-order valence-corrected chi connectivity index (χ2v) is 7.70. The standard InChI is InChI=1S/C17H15FN2O2S2/c18-12-6-2-1-5-11(12)15(21)19-9-10-23-17-16(22)20-13-7-3-4-8-14(13)24-17/h1-8,17H,9-10H2,(H,19,21)(H,20,22). The van der Waals surface area contributed by atoms with Crippen molar-refractivity contribution in [3.05, 3.63) is 59.9 Å². The summed E-state index contributed by atoms with van der Waals surface area (Å²) in [4.78, 5) is 25.0. The van der Waals surface area contributed by atoms with Crippen LogP contribution in [0.5, 0.6) is 0 Å². The Labute approximate surface area is 147 Å². The number of carbonyl (C=O) groups is 2. The van der Waals surface area contributed by atoms with Crippen molar-refractivity contribution in [2.45, 2.75) is 9.48 Å². The molecule has 7 heteroatoms. The predicted octanol–water partition coefficient (Wildman–Crippen LogP) is 3.36. The maximum absolute atomic E-state index is 13.5. The van der Waals surface area contributed by atoms with Gasteiger partial charge < -0.3 is 10.6 Å². The van der Waals surface area contributed by atoms with Crippen LogP contribution in [0.15, 0.2) is 53.4 Å². The molecule has 1 heterocycles. The summed E-state index contributed by atoms with van der Waals surface area (Å²) in [6.45, 7) is 0.365. The number of halogens is 1. The molecule has 0 radical (unpaired) electrons. The van der Waals surface area contributed by atoms with E-state index in [4.69, 9.17) is 0 Å². The second-order valence-electron chi connectivity index (χ2n) is 5.04. The first-order valence-electron chi connectivity index (χ1n) is 7.36. The van der Waals surface area contributed by atoms with E-state index in [1.807, 2.05) is 24.3 Å². The molecular formula is C17H15FN2O2S2. The lowest BCUT2D eigenvalue weighted by atomic mass is 10.2. The van der Waals surface area contributed by atoms with Gasteiger partial charge in [0.05, 0.1) is 11.3 Å². The molecule has 3 rings (SSSR count). The zero-order chi connectivity index (χ0) is 16.9. The highest BCUT2D eigenvalue weighted by molar-refractivity contribution is 8.18. The number of anilines is 1. The predicted molar refractivity (Wildman–Crippen MR) is 95.9 cm³/mol. The lowest BCUT2D eigenvalue weighted by molar-refractivity contribution is -0.114. The minimum absolute atomic E-state index is 0.0289. The number of rotatable bonds is 5. The van der Waals surface area contributed by atoms with E-state index in [-0.39, 0.29) is 16.1 Å². The van der Waals surface area contributed by atoms with Crippen LogP contribution in [0.25, 0.3) is 0 Å². The van der Waals surface area contributed by atoms with Gasteiger partial charge in [-0.2, -0.15) is 0 Å². The van der Waals surface area contributed by atoms with Crippen LogP contribution < -0.4 is 10.6 Å². The van der Waals surface area contributed by atoms with Crippen LogP contribution in [0.1, 0.15) is 10.4 Å². The van der Waals surface area contributed by atoms with Crippen molar-refractivity contribution in [2.24, 2.45) is 0 Å². The molecule has 24 heavy (non-hydrogen) atoms. The second kappa shape index (κ2) is 7.72. The van der Waals surface area contributed by atoms with Crippen LogP contribution in [0, 0.1) is 5.82 Å². The topological polar surface area (TPSA) is 58.2 Å². The number of hydrogen-bond donors (Lipinski definition) is 2. The summed E-state index contributed by atoms with van der Waals surface area (Å²) in [6.07, 6.45) is 0. The van der Waals surface area contributed by atoms with Gasteiger partial charge in [-0.05, 0) is 24.3 Å². The van der Waals surface area contributed by atoms with Gasteiger partial charge in [0.25, 0.3) is 5.91 Å². The average molecular weight is 362 g/mol. The van der Waals surface area contributed by atoms with Gasteiger partial charge in [-0.3, -0.25) is 9.59 Å². The molecule has 0 aromatic heterocycles. The highest BCUT2D eigenvalue weighted by atomic mass is 32.2. The maximum atomic E-state index is 13.5. The summed E-state index contributed by atoms with van der Waals surface area (Å²) in [5.41, 5.74) is 0.860. The third kappa shape index (κ3) is 3.91. The summed E-state index contributed by atoms with van der Waals surface area (Å²) < 4.78 is 13.3. The lowest BCUT2D eigenvalue weighted by Gasteiger charge is -2.23. The first-order valence-corrected chi connectivity index (χ1v) is 9.29. The molecule has 0 aliphatic carbocycles. The van der Waals surface area contributed by atoms with E-state index in [9.17, 15) is 14.0 Å². The SMILES string of the molecule is O=C(NCCSC1Sc2ccccc2NC1=O)c1ccccc1F. The number of fused-ring (bicyclic) bond motifs is 1. The zero-order valence-corrected chi connectivity index (χ0v) is 14.3. The quantitative estimate of drug-likeness (QED) is 0.801. The number of amides is 2. The van der Waals surface area contributed by atoms with Crippen LogP contribution >= 0.6 is 23.5 Å². The van der Waals surface area contributed by atoms with Gasteiger partial charge in [0, 0.05) is 17.2 Å². The Morgan fingerprint density at radius 2 is 1.96 bits per heavy atom. The van der Waals surface area contributed by atoms with E-state index >= 15 is 0 Å². The van der Waals surface area contributed by atoms with Crippen molar-refractivity contribution in [1.82, 2.24) is 5.32 Å². The molecule has 2 aromatic carbocycles. The van der Waals surface area contributed by atoms with Crippen LogP contribution in [-0.4, -0.2) is 28.7 Å². The molecule has 1 aliphatic heterocycles. The molecule has 2 N–H and O–H groups in total. The fraction of sp³-hybridized carbons (Fsp3) is 0.176. The normalized spacial score (nSPS) is 16.2. The van der Waals surface area contributed by atoms with Crippen molar-refractivity contribution in [2.75, 3.05) is 17.6 Å². The first kappa shape index (κ1) is 16.9. The van der Waals surface area contributed by atoms with Gasteiger partial charge in [0.1, 0.15) is 10.4 Å². The van der Waals surface area contributed by atoms with E-state index in [0.29, 0.717) is 12.3 Å². The zero-order valence-electron chi connectivity index (χ0n) is 12.6. The molecule has 1 atom stereocenters. The average Bonchev–Trinajstić information content (AvgIpc) is 2.59. The van der Waals surface area contributed by atoms with Gasteiger partial charge in [-0.15, -0.1) is 11.8 Å². The van der Waals surface area contributed by atoms with Crippen molar-refractivity contribution >= 4 is 41.0 Å². The molecule has 2 amide bonds. The molecule has 124 valence electrons. The van der Waals surface area contributed by atoms with Crippen molar-refractivity contribution in [1.29, 1.82) is 0 Å². The highest BCUT2D eigenvalue weighted by Crippen LogP contribution is 2.39. The van der Waals surface area contributed by atoms with Gasteiger partial charge >= 0.3 is 0 Å². The van der Waals surface area contributed by atoms with Crippen molar-refractivity contribution in [3.63, 3.8) is 0 Å². The fourth-order valence-corrected chi connectivity index (χ4v) is 4.53. The van der Waals surface area contributed by atoms with Gasteiger partial charge in [-0.25, -0.2) is 4.39 Å². The Bertz CT molecular complexity index is 770. The Balaban J connectivity index is 1.48. The largest absolute Gasteiger partial charge is 0.351 e. The van der Waals surface area contributed by atoms with Crippen molar-refractivity contribution in [3.8, 4) is 0 Å².